The molecule has 0 atom stereocenters. The standard InChI is InChI=1S/C19H19Br2N5O2/c1-2-7-22-17-16(13-3-5-14(20)6-4-13)18(26-12-25-17)27-8-9-28-19-23-10-15(21)11-24-19/h3-6,10-12H,2,7-9H2,1H3,(H,22,25,26). The van der Waals surface area contributed by atoms with Gasteiger partial charge in [-0.15, -0.1) is 0 Å². The normalized spacial score (nSPS) is 10.5. The number of nitrogens with one attached hydrogen (secondary N) is 1. The Bertz CT molecular complexity index is 892. The Balaban J connectivity index is 1.73. The first-order valence-electron chi connectivity index (χ1n) is 8.75. The SMILES string of the molecule is CCCNc1ncnc(OCCOc2ncc(Br)cn2)c1-c1ccc(Br)cc1. The topological polar surface area (TPSA) is 82.1 Å². The summed E-state index contributed by atoms with van der Waals surface area (Å²) < 4.78 is 13.2. The number of halogens is 2. The molecule has 0 aliphatic rings. The highest BCUT2D eigenvalue weighted by Gasteiger charge is 2.15. The van der Waals surface area contributed by atoms with Crippen molar-refractivity contribution in [1.82, 2.24) is 19.9 Å². The Morgan fingerprint density at radius 2 is 1.61 bits per heavy atom. The quantitative estimate of drug-likeness (QED) is 0.418. The zero-order chi connectivity index (χ0) is 19.8. The van der Waals surface area contributed by atoms with Crippen LogP contribution < -0.4 is 14.8 Å². The Kier molecular flexibility index (Phi) is 7.55. The Labute approximate surface area is 180 Å². The van der Waals surface area contributed by atoms with Crippen molar-refractivity contribution >= 4 is 37.7 Å². The second-order valence-electron chi connectivity index (χ2n) is 5.72. The predicted molar refractivity (Wildman–Crippen MR) is 115 cm³/mol. The van der Waals surface area contributed by atoms with Crippen molar-refractivity contribution in [2.75, 3.05) is 25.1 Å². The molecule has 1 N–H and O–H groups in total. The highest BCUT2D eigenvalue weighted by molar-refractivity contribution is 9.10. The van der Waals surface area contributed by atoms with Crippen molar-refractivity contribution in [3.8, 4) is 23.0 Å². The molecule has 0 saturated carbocycles. The van der Waals surface area contributed by atoms with E-state index in [2.05, 4.69) is 64.0 Å². The third-order valence-electron chi connectivity index (χ3n) is 3.64. The number of rotatable bonds is 9. The fourth-order valence-corrected chi connectivity index (χ4v) is 2.85. The van der Waals surface area contributed by atoms with Gasteiger partial charge >= 0.3 is 6.01 Å². The Morgan fingerprint density at radius 3 is 2.32 bits per heavy atom. The number of hydrogen-bond acceptors (Lipinski definition) is 7. The van der Waals surface area contributed by atoms with E-state index in [1.165, 1.54) is 6.33 Å². The van der Waals surface area contributed by atoms with Crippen LogP contribution in [0.1, 0.15) is 13.3 Å². The molecular formula is C19H19Br2N5O2. The Morgan fingerprint density at radius 1 is 0.893 bits per heavy atom. The number of ether oxygens (including phenoxy) is 2. The van der Waals surface area contributed by atoms with E-state index in [1.807, 2.05) is 24.3 Å². The molecule has 0 bridgehead atoms. The highest BCUT2D eigenvalue weighted by Crippen LogP contribution is 2.34. The summed E-state index contributed by atoms with van der Waals surface area (Å²) in [5.74, 6) is 1.24. The van der Waals surface area contributed by atoms with Gasteiger partial charge in [0.1, 0.15) is 25.4 Å². The lowest BCUT2D eigenvalue weighted by Gasteiger charge is -2.15. The summed E-state index contributed by atoms with van der Waals surface area (Å²) in [5.41, 5.74) is 1.79. The molecule has 28 heavy (non-hydrogen) atoms. The van der Waals surface area contributed by atoms with E-state index in [9.17, 15) is 0 Å². The lowest BCUT2D eigenvalue weighted by molar-refractivity contribution is 0.202. The van der Waals surface area contributed by atoms with Gasteiger partial charge in [0.2, 0.25) is 5.88 Å². The predicted octanol–water partition coefficient (Wildman–Crippen LogP) is 4.74. The maximum Gasteiger partial charge on any atom is 0.316 e. The van der Waals surface area contributed by atoms with Crippen molar-refractivity contribution in [3.63, 3.8) is 0 Å². The molecule has 2 heterocycles. The minimum Gasteiger partial charge on any atom is -0.473 e. The van der Waals surface area contributed by atoms with Crippen molar-refractivity contribution in [3.05, 3.63) is 51.9 Å². The summed E-state index contributed by atoms with van der Waals surface area (Å²) in [4.78, 5) is 16.9. The number of aromatic nitrogens is 4. The van der Waals surface area contributed by atoms with E-state index in [-0.39, 0.29) is 0 Å². The maximum absolute atomic E-state index is 5.90. The van der Waals surface area contributed by atoms with E-state index in [4.69, 9.17) is 9.47 Å². The molecule has 0 spiro atoms. The lowest BCUT2D eigenvalue weighted by Crippen LogP contribution is -2.13. The zero-order valence-corrected chi connectivity index (χ0v) is 18.4. The van der Waals surface area contributed by atoms with Gasteiger partial charge in [0, 0.05) is 23.4 Å². The summed E-state index contributed by atoms with van der Waals surface area (Å²) in [5, 5.41) is 3.34. The number of benzene rings is 1. The monoisotopic (exact) mass is 507 g/mol. The second-order valence-corrected chi connectivity index (χ2v) is 7.55. The molecule has 0 aliphatic carbocycles. The van der Waals surface area contributed by atoms with Crippen LogP contribution in [-0.2, 0) is 0 Å². The smallest absolute Gasteiger partial charge is 0.316 e. The minimum absolute atomic E-state index is 0.295. The van der Waals surface area contributed by atoms with E-state index in [0.29, 0.717) is 25.1 Å². The molecule has 1 aromatic carbocycles. The molecule has 9 heteroatoms. The highest BCUT2D eigenvalue weighted by atomic mass is 79.9. The van der Waals surface area contributed by atoms with Gasteiger partial charge < -0.3 is 14.8 Å². The van der Waals surface area contributed by atoms with Crippen LogP contribution in [0.25, 0.3) is 11.1 Å². The van der Waals surface area contributed by atoms with Crippen molar-refractivity contribution in [2.24, 2.45) is 0 Å². The van der Waals surface area contributed by atoms with Crippen LogP contribution in [0.5, 0.6) is 11.9 Å². The summed E-state index contributed by atoms with van der Waals surface area (Å²) in [6, 6.07) is 8.25. The largest absolute Gasteiger partial charge is 0.473 e. The van der Waals surface area contributed by atoms with Gasteiger partial charge in [-0.2, -0.15) is 0 Å². The molecule has 7 nitrogen and oxygen atoms in total. The van der Waals surface area contributed by atoms with Crippen LogP contribution in [0, 0.1) is 0 Å². The van der Waals surface area contributed by atoms with Gasteiger partial charge in [-0.05, 0) is 40.0 Å². The third kappa shape index (κ3) is 5.62. The van der Waals surface area contributed by atoms with Crippen molar-refractivity contribution in [1.29, 1.82) is 0 Å². The minimum atomic E-state index is 0.295. The molecule has 0 fully saturated rings. The molecule has 0 unspecified atom stereocenters. The summed E-state index contributed by atoms with van der Waals surface area (Å²) in [6.07, 6.45) is 5.74. The first kappa shape index (κ1) is 20.5. The molecule has 0 radical (unpaired) electrons. The number of hydrogen-bond donors (Lipinski definition) is 1. The maximum atomic E-state index is 5.90. The average Bonchev–Trinajstić information content (AvgIpc) is 2.72. The van der Waals surface area contributed by atoms with Crippen molar-refractivity contribution < 1.29 is 9.47 Å². The Hall–Kier alpha value is -2.26. The summed E-state index contributed by atoms with van der Waals surface area (Å²) in [7, 11) is 0. The van der Waals surface area contributed by atoms with Crippen molar-refractivity contribution in [2.45, 2.75) is 13.3 Å². The van der Waals surface area contributed by atoms with Gasteiger partial charge in [-0.3, -0.25) is 0 Å². The van der Waals surface area contributed by atoms with E-state index in [1.54, 1.807) is 12.4 Å². The molecule has 3 aromatic rings. The van der Waals surface area contributed by atoms with Gasteiger partial charge in [0.05, 0.1) is 10.0 Å². The molecule has 146 valence electrons. The van der Waals surface area contributed by atoms with Gasteiger partial charge in [-0.1, -0.05) is 35.0 Å². The van der Waals surface area contributed by atoms with Crippen LogP contribution in [-0.4, -0.2) is 39.7 Å². The van der Waals surface area contributed by atoms with Gasteiger partial charge in [0.25, 0.3) is 0 Å². The molecule has 2 aromatic heterocycles. The van der Waals surface area contributed by atoms with Crippen LogP contribution >= 0.6 is 31.9 Å². The summed E-state index contributed by atoms with van der Waals surface area (Å²) >= 11 is 6.75. The molecular weight excluding hydrogens is 490 g/mol. The van der Waals surface area contributed by atoms with E-state index >= 15 is 0 Å². The van der Waals surface area contributed by atoms with Crippen LogP contribution in [0.4, 0.5) is 5.82 Å². The fraction of sp³-hybridized carbons (Fsp3) is 0.263. The molecule has 3 rings (SSSR count). The molecule has 0 amide bonds. The van der Waals surface area contributed by atoms with Crippen LogP contribution in [0.15, 0.2) is 51.9 Å². The van der Waals surface area contributed by atoms with Gasteiger partial charge in [-0.25, -0.2) is 19.9 Å². The molecule has 0 saturated heterocycles. The fourth-order valence-electron chi connectivity index (χ4n) is 2.38. The number of nitrogens with zero attached hydrogens (tertiary/aromatic N) is 4. The second kappa shape index (κ2) is 10.3. The summed E-state index contributed by atoms with van der Waals surface area (Å²) in [6.45, 7) is 3.51. The average molecular weight is 509 g/mol. The number of anilines is 1. The van der Waals surface area contributed by atoms with E-state index < -0.39 is 0 Å². The third-order valence-corrected chi connectivity index (χ3v) is 4.58. The van der Waals surface area contributed by atoms with Gasteiger partial charge in [0.15, 0.2) is 0 Å². The first-order chi connectivity index (χ1) is 13.7. The van der Waals surface area contributed by atoms with Crippen LogP contribution in [0.3, 0.4) is 0 Å². The molecule has 0 aliphatic heterocycles. The lowest BCUT2D eigenvalue weighted by atomic mass is 10.1. The first-order valence-corrected chi connectivity index (χ1v) is 10.3. The van der Waals surface area contributed by atoms with Crippen LogP contribution in [0.2, 0.25) is 0 Å². The van der Waals surface area contributed by atoms with E-state index in [0.717, 1.165) is 38.9 Å². The zero-order valence-electron chi connectivity index (χ0n) is 15.2.